The second kappa shape index (κ2) is 11.5. The van der Waals surface area contributed by atoms with Gasteiger partial charge in [0.15, 0.2) is 18.3 Å². The molecule has 0 saturated heterocycles. The van der Waals surface area contributed by atoms with Crippen molar-refractivity contribution in [1.29, 1.82) is 0 Å². The molecule has 0 amide bonds. The van der Waals surface area contributed by atoms with Gasteiger partial charge in [-0.1, -0.05) is 25.1 Å². The van der Waals surface area contributed by atoms with Crippen LogP contribution in [0.2, 0.25) is 0 Å². The lowest BCUT2D eigenvalue weighted by atomic mass is 10.1. The number of thioether (sulfide) groups is 1. The summed E-state index contributed by atoms with van der Waals surface area (Å²) in [7, 11) is 4.61. The molecule has 2 aromatic carbocycles. The van der Waals surface area contributed by atoms with Crippen molar-refractivity contribution in [3.05, 3.63) is 47.5 Å². The highest BCUT2D eigenvalue weighted by Gasteiger charge is 2.26. The lowest BCUT2D eigenvalue weighted by Gasteiger charge is -2.20. The van der Waals surface area contributed by atoms with E-state index in [2.05, 4.69) is 0 Å². The first-order valence-electron chi connectivity index (χ1n) is 8.90. The third-order valence-corrected chi connectivity index (χ3v) is 4.87. The SMILES string of the molecule is CCCOC(=O)c1c(OCOC)cc(OC)c(OC)c1CSc1ccccc1. The molecule has 0 heterocycles. The average Bonchev–Trinajstić information content (AvgIpc) is 2.74. The van der Waals surface area contributed by atoms with Gasteiger partial charge in [0, 0.05) is 29.4 Å². The summed E-state index contributed by atoms with van der Waals surface area (Å²) in [5.41, 5.74) is 0.981. The second-order valence-electron chi connectivity index (χ2n) is 5.75. The van der Waals surface area contributed by atoms with E-state index in [1.165, 1.54) is 7.11 Å². The molecule has 7 heteroatoms. The summed E-state index contributed by atoms with van der Waals surface area (Å²) in [6.07, 6.45) is 0.724. The molecule has 0 spiro atoms. The number of carbonyl (C=O) groups excluding carboxylic acids is 1. The van der Waals surface area contributed by atoms with Crippen LogP contribution in [-0.2, 0) is 15.2 Å². The molecule has 0 fully saturated rings. The number of esters is 1. The predicted molar refractivity (Wildman–Crippen MR) is 109 cm³/mol. The number of ether oxygens (including phenoxy) is 5. The predicted octanol–water partition coefficient (Wildman–Crippen LogP) is 4.55. The highest BCUT2D eigenvalue weighted by atomic mass is 32.2. The number of carbonyl (C=O) groups is 1. The van der Waals surface area contributed by atoms with Gasteiger partial charge in [0.25, 0.3) is 0 Å². The normalized spacial score (nSPS) is 10.4. The van der Waals surface area contributed by atoms with Gasteiger partial charge in [0.05, 0.1) is 20.8 Å². The van der Waals surface area contributed by atoms with Crippen LogP contribution >= 0.6 is 11.8 Å². The number of methoxy groups -OCH3 is 3. The van der Waals surface area contributed by atoms with Crippen molar-refractivity contribution >= 4 is 17.7 Å². The van der Waals surface area contributed by atoms with E-state index in [1.54, 1.807) is 32.0 Å². The van der Waals surface area contributed by atoms with E-state index in [4.69, 9.17) is 23.7 Å². The molecule has 0 aliphatic carbocycles. The van der Waals surface area contributed by atoms with E-state index in [1.807, 2.05) is 37.3 Å². The van der Waals surface area contributed by atoms with Crippen LogP contribution in [0.3, 0.4) is 0 Å². The highest BCUT2D eigenvalue weighted by Crippen LogP contribution is 2.42. The van der Waals surface area contributed by atoms with Crippen molar-refractivity contribution in [2.45, 2.75) is 24.0 Å². The van der Waals surface area contributed by atoms with Crippen molar-refractivity contribution in [2.75, 3.05) is 34.7 Å². The van der Waals surface area contributed by atoms with Crippen LogP contribution in [0.15, 0.2) is 41.3 Å². The van der Waals surface area contributed by atoms with Gasteiger partial charge in [-0.25, -0.2) is 4.79 Å². The topological polar surface area (TPSA) is 63.2 Å². The zero-order valence-electron chi connectivity index (χ0n) is 16.7. The van der Waals surface area contributed by atoms with Gasteiger partial charge in [0.1, 0.15) is 11.3 Å². The molecular formula is C21H26O6S. The van der Waals surface area contributed by atoms with E-state index in [0.717, 1.165) is 11.3 Å². The smallest absolute Gasteiger partial charge is 0.342 e. The van der Waals surface area contributed by atoms with Gasteiger partial charge < -0.3 is 23.7 Å². The fourth-order valence-electron chi connectivity index (χ4n) is 2.58. The Hall–Kier alpha value is -2.38. The third kappa shape index (κ3) is 5.56. The van der Waals surface area contributed by atoms with Crippen LogP contribution in [0.1, 0.15) is 29.3 Å². The number of hydrogen-bond acceptors (Lipinski definition) is 7. The molecule has 0 unspecified atom stereocenters. The van der Waals surface area contributed by atoms with Gasteiger partial charge >= 0.3 is 5.97 Å². The molecule has 152 valence electrons. The van der Waals surface area contributed by atoms with Gasteiger partial charge in [-0.15, -0.1) is 11.8 Å². The van der Waals surface area contributed by atoms with Crippen LogP contribution in [0.5, 0.6) is 17.2 Å². The maximum absolute atomic E-state index is 12.8. The highest BCUT2D eigenvalue weighted by molar-refractivity contribution is 7.98. The van der Waals surface area contributed by atoms with Crippen LogP contribution in [0.4, 0.5) is 0 Å². The Morgan fingerprint density at radius 2 is 1.79 bits per heavy atom. The molecule has 0 aromatic heterocycles. The van der Waals surface area contributed by atoms with Gasteiger partial charge in [0.2, 0.25) is 0 Å². The van der Waals surface area contributed by atoms with Gasteiger partial charge in [-0.2, -0.15) is 0 Å². The van der Waals surface area contributed by atoms with Crippen molar-refractivity contribution in [3.63, 3.8) is 0 Å². The molecule has 6 nitrogen and oxygen atoms in total. The Balaban J connectivity index is 2.52. The first kappa shape index (κ1) is 21.9. The molecule has 0 saturated carbocycles. The summed E-state index contributed by atoms with van der Waals surface area (Å²) in [6, 6.07) is 11.5. The van der Waals surface area contributed by atoms with Crippen LogP contribution in [0, 0.1) is 0 Å². The minimum absolute atomic E-state index is 0.00515. The maximum Gasteiger partial charge on any atom is 0.342 e. The largest absolute Gasteiger partial charge is 0.493 e. The van der Waals surface area contributed by atoms with Crippen LogP contribution < -0.4 is 14.2 Å². The van der Waals surface area contributed by atoms with Crippen molar-refractivity contribution < 1.29 is 28.5 Å². The molecule has 0 aliphatic rings. The van der Waals surface area contributed by atoms with Gasteiger partial charge in [-0.05, 0) is 18.6 Å². The number of benzene rings is 2. The molecule has 0 atom stereocenters. The lowest BCUT2D eigenvalue weighted by Crippen LogP contribution is -2.14. The third-order valence-electron chi connectivity index (χ3n) is 3.83. The summed E-state index contributed by atoms with van der Waals surface area (Å²) in [4.78, 5) is 13.9. The lowest BCUT2D eigenvalue weighted by molar-refractivity contribution is 0.0424. The molecule has 0 N–H and O–H groups in total. The first-order chi connectivity index (χ1) is 13.7. The standard InChI is InChI=1S/C21H26O6S/c1-5-11-26-21(22)19-16(13-28-15-9-7-6-8-10-15)20(25-4)18(24-3)12-17(19)27-14-23-2/h6-10,12H,5,11,13-14H2,1-4H3. The zero-order chi connectivity index (χ0) is 20.4. The molecular weight excluding hydrogens is 380 g/mol. The van der Waals surface area contributed by atoms with E-state index < -0.39 is 5.97 Å². The Morgan fingerprint density at radius 1 is 1.04 bits per heavy atom. The monoisotopic (exact) mass is 406 g/mol. The molecule has 0 bridgehead atoms. The fraction of sp³-hybridized carbons (Fsp3) is 0.381. The minimum Gasteiger partial charge on any atom is -0.493 e. The zero-order valence-corrected chi connectivity index (χ0v) is 17.5. The fourth-order valence-corrected chi connectivity index (χ4v) is 3.52. The second-order valence-corrected chi connectivity index (χ2v) is 6.80. The van der Waals surface area contributed by atoms with Crippen molar-refractivity contribution in [2.24, 2.45) is 0 Å². The van der Waals surface area contributed by atoms with E-state index >= 15 is 0 Å². The summed E-state index contributed by atoms with van der Waals surface area (Å²) >= 11 is 1.58. The summed E-state index contributed by atoms with van der Waals surface area (Å²) in [6.45, 7) is 2.26. The first-order valence-corrected chi connectivity index (χ1v) is 9.89. The Bertz CT molecular complexity index is 763. The van der Waals surface area contributed by atoms with Crippen LogP contribution in [-0.4, -0.2) is 40.7 Å². The molecule has 0 aliphatic heterocycles. The summed E-state index contributed by atoms with van der Waals surface area (Å²) in [5.74, 6) is 1.31. The Kier molecular flexibility index (Phi) is 8.97. The van der Waals surface area contributed by atoms with E-state index in [-0.39, 0.29) is 6.79 Å². The number of hydrogen-bond donors (Lipinski definition) is 0. The van der Waals surface area contributed by atoms with Crippen LogP contribution in [0.25, 0.3) is 0 Å². The quantitative estimate of drug-likeness (QED) is 0.308. The molecule has 28 heavy (non-hydrogen) atoms. The Labute approximate surface area is 170 Å². The number of rotatable bonds is 11. The Morgan fingerprint density at radius 3 is 2.39 bits per heavy atom. The average molecular weight is 407 g/mol. The molecule has 2 aromatic rings. The summed E-state index contributed by atoms with van der Waals surface area (Å²) in [5, 5.41) is 0. The molecule has 2 rings (SSSR count). The molecule has 0 radical (unpaired) electrons. The van der Waals surface area contributed by atoms with Crippen molar-refractivity contribution in [3.8, 4) is 17.2 Å². The maximum atomic E-state index is 12.8. The van der Waals surface area contributed by atoms with Gasteiger partial charge in [-0.3, -0.25) is 0 Å². The summed E-state index contributed by atoms with van der Waals surface area (Å²) < 4.78 is 27.1. The van der Waals surface area contributed by atoms with E-state index in [0.29, 0.717) is 40.7 Å². The van der Waals surface area contributed by atoms with E-state index in [9.17, 15) is 4.79 Å². The van der Waals surface area contributed by atoms with Crippen molar-refractivity contribution in [1.82, 2.24) is 0 Å². The minimum atomic E-state index is -0.461.